The van der Waals surface area contributed by atoms with Crippen molar-refractivity contribution in [2.45, 2.75) is 11.3 Å². The van der Waals surface area contributed by atoms with Crippen LogP contribution in [-0.4, -0.2) is 17.3 Å². The molecule has 2 nitrogen and oxygen atoms in total. The van der Waals surface area contributed by atoms with Crippen molar-refractivity contribution in [3.63, 3.8) is 0 Å². The number of rotatable bonds is 0. The lowest BCUT2D eigenvalue weighted by molar-refractivity contribution is 0.313. The van der Waals surface area contributed by atoms with Crippen molar-refractivity contribution in [2.75, 3.05) is 12.4 Å². The van der Waals surface area contributed by atoms with Crippen molar-refractivity contribution in [3.05, 3.63) is 18.5 Å². The van der Waals surface area contributed by atoms with Crippen molar-refractivity contribution in [1.82, 2.24) is 4.98 Å². The largest absolute Gasteiger partial charge is 0.491 e. The van der Waals surface area contributed by atoms with Crippen LogP contribution in [0, 0.1) is 0 Å². The Balaban J connectivity index is 2.33. The Kier molecular flexibility index (Phi) is 1.99. The van der Waals surface area contributed by atoms with Gasteiger partial charge in [-0.25, -0.2) is 0 Å². The van der Waals surface area contributed by atoms with E-state index in [0.717, 1.165) is 24.5 Å². The van der Waals surface area contributed by atoms with Gasteiger partial charge in [0.25, 0.3) is 0 Å². The summed E-state index contributed by atoms with van der Waals surface area (Å²) in [7, 11) is 0. The van der Waals surface area contributed by atoms with Crippen molar-refractivity contribution < 1.29 is 4.74 Å². The molecule has 0 unspecified atom stereocenters. The second-order valence-corrected chi connectivity index (χ2v) is 3.51. The molecule has 0 bridgehead atoms. The van der Waals surface area contributed by atoms with Gasteiger partial charge in [-0.2, -0.15) is 0 Å². The lowest BCUT2D eigenvalue weighted by atomic mass is 10.4. The summed E-state index contributed by atoms with van der Waals surface area (Å²) in [6.45, 7) is 0.825. The van der Waals surface area contributed by atoms with Gasteiger partial charge in [0, 0.05) is 11.9 Å². The van der Waals surface area contributed by atoms with Crippen LogP contribution in [-0.2, 0) is 0 Å². The maximum Gasteiger partial charge on any atom is 0.151 e. The van der Waals surface area contributed by atoms with Crippen LogP contribution in [0.15, 0.2) is 23.4 Å². The average molecular weight is 167 g/mol. The highest BCUT2D eigenvalue weighted by Crippen LogP contribution is 2.30. The second-order valence-electron chi connectivity index (χ2n) is 2.37. The average Bonchev–Trinajstić information content (AvgIpc) is 2.28. The maximum absolute atomic E-state index is 5.47. The summed E-state index contributed by atoms with van der Waals surface area (Å²) in [5.41, 5.74) is 0. The molecule has 0 aromatic carbocycles. The monoisotopic (exact) mass is 167 g/mol. The van der Waals surface area contributed by atoms with Crippen LogP contribution < -0.4 is 4.74 Å². The Morgan fingerprint density at radius 3 is 3.55 bits per heavy atom. The zero-order valence-electron chi connectivity index (χ0n) is 6.12. The number of aromatic nitrogens is 1. The van der Waals surface area contributed by atoms with E-state index in [1.54, 1.807) is 12.4 Å². The molecule has 1 aliphatic heterocycles. The molecule has 3 heteroatoms. The first-order valence-corrected chi connectivity index (χ1v) is 4.65. The van der Waals surface area contributed by atoms with Gasteiger partial charge in [0.15, 0.2) is 5.75 Å². The van der Waals surface area contributed by atoms with Crippen LogP contribution in [0.1, 0.15) is 6.42 Å². The molecule has 58 valence electrons. The van der Waals surface area contributed by atoms with Crippen molar-refractivity contribution >= 4 is 11.8 Å². The highest BCUT2D eigenvalue weighted by molar-refractivity contribution is 7.99. The van der Waals surface area contributed by atoms with Gasteiger partial charge in [-0.3, -0.25) is 4.98 Å². The lowest BCUT2D eigenvalue weighted by Crippen LogP contribution is -1.95. The van der Waals surface area contributed by atoms with Gasteiger partial charge in [0.05, 0.1) is 17.7 Å². The molecule has 11 heavy (non-hydrogen) atoms. The predicted octanol–water partition coefficient (Wildman–Crippen LogP) is 1.96. The van der Waals surface area contributed by atoms with E-state index in [1.165, 1.54) is 4.90 Å². The van der Waals surface area contributed by atoms with Gasteiger partial charge in [-0.15, -0.1) is 11.8 Å². The van der Waals surface area contributed by atoms with Crippen LogP contribution in [0.3, 0.4) is 0 Å². The number of thioether (sulfide) groups is 1. The molecule has 0 saturated carbocycles. The third kappa shape index (κ3) is 1.48. The standard InChI is InChI=1S/C8H9NOS/c1-4-10-7-6-9-3-2-8(7)11-5-1/h2-3,6H,1,4-5H2. The molecule has 0 radical (unpaired) electrons. The SMILES string of the molecule is c1cc2c(cn1)OCCCS2. The number of pyridine rings is 1. The topological polar surface area (TPSA) is 22.1 Å². The molecule has 1 aliphatic rings. The van der Waals surface area contributed by atoms with E-state index in [-0.39, 0.29) is 0 Å². The molecule has 0 atom stereocenters. The van der Waals surface area contributed by atoms with Gasteiger partial charge < -0.3 is 4.74 Å². The molecular formula is C8H9NOS. The Morgan fingerprint density at radius 2 is 2.55 bits per heavy atom. The molecular weight excluding hydrogens is 158 g/mol. The van der Waals surface area contributed by atoms with Gasteiger partial charge in [0.1, 0.15) is 0 Å². The van der Waals surface area contributed by atoms with E-state index in [2.05, 4.69) is 4.98 Å². The summed E-state index contributed by atoms with van der Waals surface area (Å²) in [5, 5.41) is 0. The van der Waals surface area contributed by atoms with Gasteiger partial charge >= 0.3 is 0 Å². The first-order valence-electron chi connectivity index (χ1n) is 3.66. The molecule has 1 aromatic rings. The molecule has 0 fully saturated rings. The Hall–Kier alpha value is -0.700. The summed E-state index contributed by atoms with van der Waals surface area (Å²) < 4.78 is 5.47. The summed E-state index contributed by atoms with van der Waals surface area (Å²) in [6.07, 6.45) is 4.72. The van der Waals surface area contributed by atoms with Crippen LogP contribution in [0.4, 0.5) is 0 Å². The van der Waals surface area contributed by atoms with Crippen molar-refractivity contribution in [3.8, 4) is 5.75 Å². The predicted molar refractivity (Wildman–Crippen MR) is 45.1 cm³/mol. The fourth-order valence-corrected chi connectivity index (χ4v) is 1.91. The minimum absolute atomic E-state index is 0.825. The van der Waals surface area contributed by atoms with Gasteiger partial charge in [0.2, 0.25) is 0 Å². The fraction of sp³-hybridized carbons (Fsp3) is 0.375. The normalized spacial score (nSPS) is 16.4. The molecule has 2 rings (SSSR count). The maximum atomic E-state index is 5.47. The number of hydrogen-bond acceptors (Lipinski definition) is 3. The highest BCUT2D eigenvalue weighted by atomic mass is 32.2. The van der Waals surface area contributed by atoms with E-state index < -0.39 is 0 Å². The number of fused-ring (bicyclic) bond motifs is 1. The highest BCUT2D eigenvalue weighted by Gasteiger charge is 2.07. The Morgan fingerprint density at radius 1 is 1.55 bits per heavy atom. The molecule has 0 saturated heterocycles. The van der Waals surface area contributed by atoms with Gasteiger partial charge in [-0.1, -0.05) is 0 Å². The molecule has 1 aromatic heterocycles. The quantitative estimate of drug-likeness (QED) is 0.589. The van der Waals surface area contributed by atoms with Crippen LogP contribution in [0.2, 0.25) is 0 Å². The molecule has 2 heterocycles. The first-order chi connectivity index (χ1) is 5.47. The van der Waals surface area contributed by atoms with E-state index >= 15 is 0 Å². The summed E-state index contributed by atoms with van der Waals surface area (Å²) in [4.78, 5) is 5.22. The molecule has 0 amide bonds. The number of hydrogen-bond donors (Lipinski definition) is 0. The minimum atomic E-state index is 0.825. The second kappa shape index (κ2) is 3.13. The first kappa shape index (κ1) is 6.98. The van der Waals surface area contributed by atoms with E-state index in [9.17, 15) is 0 Å². The number of nitrogens with zero attached hydrogens (tertiary/aromatic N) is 1. The molecule has 0 spiro atoms. The number of ether oxygens (including phenoxy) is 1. The summed E-state index contributed by atoms with van der Waals surface area (Å²) >= 11 is 1.84. The molecule has 0 N–H and O–H groups in total. The van der Waals surface area contributed by atoms with Gasteiger partial charge in [-0.05, 0) is 12.5 Å². The Labute approximate surface area is 70.0 Å². The van der Waals surface area contributed by atoms with E-state index in [4.69, 9.17) is 4.74 Å². The van der Waals surface area contributed by atoms with Crippen LogP contribution in [0.5, 0.6) is 5.75 Å². The zero-order valence-corrected chi connectivity index (χ0v) is 6.93. The Bertz CT molecular complexity index is 227. The third-order valence-corrected chi connectivity index (χ3v) is 2.69. The molecule has 0 aliphatic carbocycles. The third-order valence-electron chi connectivity index (χ3n) is 1.55. The van der Waals surface area contributed by atoms with Crippen LogP contribution >= 0.6 is 11.8 Å². The van der Waals surface area contributed by atoms with Crippen molar-refractivity contribution in [2.24, 2.45) is 0 Å². The summed E-state index contributed by atoms with van der Waals surface area (Å²) in [6, 6.07) is 2.01. The lowest BCUT2D eigenvalue weighted by Gasteiger charge is -2.02. The zero-order chi connectivity index (χ0) is 7.52. The van der Waals surface area contributed by atoms with E-state index in [0.29, 0.717) is 0 Å². The van der Waals surface area contributed by atoms with Crippen LogP contribution in [0.25, 0.3) is 0 Å². The summed E-state index contributed by atoms with van der Waals surface area (Å²) in [5.74, 6) is 2.09. The van der Waals surface area contributed by atoms with Crippen molar-refractivity contribution in [1.29, 1.82) is 0 Å². The van der Waals surface area contributed by atoms with E-state index in [1.807, 2.05) is 17.8 Å². The smallest absolute Gasteiger partial charge is 0.151 e. The fourth-order valence-electron chi connectivity index (χ4n) is 1.02. The minimum Gasteiger partial charge on any atom is -0.491 e.